The Kier molecular flexibility index (Phi) is 7.11. The lowest BCUT2D eigenvalue weighted by Crippen LogP contribution is -2.20. The van der Waals surface area contributed by atoms with Crippen LogP contribution in [0.25, 0.3) is 33.5 Å². The fraction of sp³-hybridized carbons (Fsp3) is 0.0645. The number of aromatic nitrogens is 2. The molecule has 40 heavy (non-hydrogen) atoms. The van der Waals surface area contributed by atoms with Crippen LogP contribution in [0.2, 0.25) is 5.02 Å². The minimum absolute atomic E-state index is 0.271. The molecule has 0 saturated carbocycles. The molecule has 7 nitrogen and oxygen atoms in total. The van der Waals surface area contributed by atoms with Gasteiger partial charge >= 0.3 is 0 Å². The molecule has 0 atom stereocenters. The maximum Gasteiger partial charge on any atom is 0.282 e. The second-order valence-electron chi connectivity index (χ2n) is 8.86. The van der Waals surface area contributed by atoms with E-state index in [1.165, 1.54) is 18.0 Å². The van der Waals surface area contributed by atoms with Gasteiger partial charge in [-0.2, -0.15) is 9.78 Å². The lowest BCUT2D eigenvalue weighted by molar-refractivity contribution is 0.284. The van der Waals surface area contributed by atoms with Crippen molar-refractivity contribution in [1.29, 1.82) is 0 Å². The summed E-state index contributed by atoms with van der Waals surface area (Å²) in [6.07, 6.45) is 1.52. The molecule has 6 rings (SSSR count). The zero-order valence-corrected chi connectivity index (χ0v) is 23.5. The van der Waals surface area contributed by atoms with Crippen LogP contribution in [0.5, 0.6) is 11.5 Å². The summed E-state index contributed by atoms with van der Waals surface area (Å²) in [4.78, 5) is 18.3. The standard InChI is InChI=1S/C31H21BrClN3O4/c1-38-25-16-21(27(32)28(33)29(25)39-18-19-9-3-2-4-10-19)17-34-36-30(26-15-20-11-5-8-14-24(20)40-26)35-23-13-7-6-12-22(23)31(36)37/h2-17H,18H2,1H3. The van der Waals surface area contributed by atoms with Crippen molar-refractivity contribution in [1.82, 2.24) is 9.66 Å². The summed E-state index contributed by atoms with van der Waals surface area (Å²) in [5, 5.41) is 6.18. The number of nitrogens with zero attached hydrogens (tertiary/aromatic N) is 3. The van der Waals surface area contributed by atoms with E-state index >= 15 is 0 Å². The highest BCUT2D eigenvalue weighted by atomic mass is 79.9. The molecule has 0 aliphatic rings. The number of hydrogen-bond donors (Lipinski definition) is 0. The van der Waals surface area contributed by atoms with Crippen molar-refractivity contribution >= 4 is 55.6 Å². The Morgan fingerprint density at radius 3 is 2.58 bits per heavy atom. The molecule has 2 aromatic heterocycles. The SMILES string of the molecule is COc1cc(C=Nn2c(-c3cc4ccccc4o3)nc3ccccc3c2=O)c(Br)c(Cl)c1OCc1ccccc1. The molecular formula is C31H21BrClN3O4. The van der Waals surface area contributed by atoms with Crippen molar-refractivity contribution in [2.24, 2.45) is 5.10 Å². The third kappa shape index (κ3) is 4.87. The van der Waals surface area contributed by atoms with Crippen LogP contribution in [0.4, 0.5) is 0 Å². The van der Waals surface area contributed by atoms with Gasteiger partial charge in [-0.3, -0.25) is 4.79 Å². The molecule has 4 aromatic carbocycles. The first-order valence-corrected chi connectivity index (χ1v) is 13.5. The molecule has 0 fully saturated rings. The van der Waals surface area contributed by atoms with Crippen molar-refractivity contribution < 1.29 is 13.9 Å². The van der Waals surface area contributed by atoms with Crippen LogP contribution in [0.1, 0.15) is 11.1 Å². The molecule has 0 radical (unpaired) electrons. The Labute approximate surface area is 242 Å². The monoisotopic (exact) mass is 613 g/mol. The number of ether oxygens (including phenoxy) is 2. The van der Waals surface area contributed by atoms with E-state index in [9.17, 15) is 4.79 Å². The van der Waals surface area contributed by atoms with Gasteiger partial charge in [-0.05, 0) is 51.8 Å². The highest BCUT2D eigenvalue weighted by Gasteiger charge is 2.19. The Balaban J connectivity index is 1.44. The summed E-state index contributed by atoms with van der Waals surface area (Å²) in [6.45, 7) is 0.315. The van der Waals surface area contributed by atoms with E-state index in [2.05, 4.69) is 21.0 Å². The van der Waals surface area contributed by atoms with E-state index in [-0.39, 0.29) is 11.4 Å². The number of hydrogen-bond acceptors (Lipinski definition) is 6. The Morgan fingerprint density at radius 1 is 1.02 bits per heavy atom. The molecule has 198 valence electrons. The molecule has 0 unspecified atom stereocenters. The van der Waals surface area contributed by atoms with E-state index in [4.69, 9.17) is 30.5 Å². The zero-order valence-electron chi connectivity index (χ0n) is 21.2. The minimum Gasteiger partial charge on any atom is -0.493 e. The largest absolute Gasteiger partial charge is 0.493 e. The number of fused-ring (bicyclic) bond motifs is 2. The van der Waals surface area contributed by atoms with Gasteiger partial charge in [0.1, 0.15) is 17.2 Å². The van der Waals surface area contributed by atoms with Gasteiger partial charge in [0.05, 0.1) is 24.2 Å². The molecule has 6 aromatic rings. The third-order valence-electron chi connectivity index (χ3n) is 6.31. The first kappa shape index (κ1) is 25.9. The van der Waals surface area contributed by atoms with Gasteiger partial charge in [0.2, 0.25) is 5.82 Å². The molecule has 0 amide bonds. The van der Waals surface area contributed by atoms with E-state index in [1.54, 1.807) is 24.3 Å². The van der Waals surface area contributed by atoms with E-state index in [1.807, 2.05) is 66.7 Å². The van der Waals surface area contributed by atoms with Gasteiger partial charge in [-0.1, -0.05) is 72.3 Å². The van der Waals surface area contributed by atoms with Gasteiger partial charge in [-0.25, -0.2) is 4.98 Å². The smallest absolute Gasteiger partial charge is 0.282 e. The topological polar surface area (TPSA) is 78.9 Å². The Hall–Kier alpha value is -4.40. The van der Waals surface area contributed by atoms with E-state index < -0.39 is 0 Å². The lowest BCUT2D eigenvalue weighted by Gasteiger charge is -2.15. The van der Waals surface area contributed by atoms with Gasteiger partial charge < -0.3 is 13.9 Å². The van der Waals surface area contributed by atoms with Gasteiger partial charge in [0.15, 0.2) is 17.3 Å². The number of methoxy groups -OCH3 is 1. The van der Waals surface area contributed by atoms with Crippen LogP contribution in [0.15, 0.2) is 110 Å². The molecule has 0 aliphatic carbocycles. The number of benzene rings is 4. The molecule has 0 saturated heterocycles. The summed E-state index contributed by atoms with van der Waals surface area (Å²) >= 11 is 10.3. The minimum atomic E-state index is -0.339. The van der Waals surface area contributed by atoms with Gasteiger partial charge in [-0.15, -0.1) is 0 Å². The zero-order chi connectivity index (χ0) is 27.6. The molecule has 0 bridgehead atoms. The number of halogens is 2. The second-order valence-corrected chi connectivity index (χ2v) is 10.0. The third-order valence-corrected chi connectivity index (χ3v) is 7.76. The van der Waals surface area contributed by atoms with Crippen LogP contribution in [0, 0.1) is 0 Å². The Morgan fingerprint density at radius 2 is 1.77 bits per heavy atom. The normalized spacial score (nSPS) is 11.5. The van der Waals surface area contributed by atoms with Crippen molar-refractivity contribution in [2.45, 2.75) is 6.61 Å². The van der Waals surface area contributed by atoms with Crippen molar-refractivity contribution in [3.8, 4) is 23.1 Å². The summed E-state index contributed by atoms with van der Waals surface area (Å²) < 4.78 is 19.4. The van der Waals surface area contributed by atoms with Crippen molar-refractivity contribution in [2.75, 3.05) is 7.11 Å². The molecule has 0 aliphatic heterocycles. The van der Waals surface area contributed by atoms with Crippen LogP contribution < -0.4 is 15.0 Å². The summed E-state index contributed by atoms with van der Waals surface area (Å²) in [7, 11) is 1.54. The summed E-state index contributed by atoms with van der Waals surface area (Å²) in [6, 6.07) is 28.0. The average Bonchev–Trinajstić information content (AvgIpc) is 3.43. The van der Waals surface area contributed by atoms with Gasteiger partial charge in [0.25, 0.3) is 5.56 Å². The molecule has 2 heterocycles. The molecular weight excluding hydrogens is 594 g/mol. The fourth-order valence-corrected chi connectivity index (χ4v) is 4.97. The highest BCUT2D eigenvalue weighted by molar-refractivity contribution is 9.10. The lowest BCUT2D eigenvalue weighted by atomic mass is 10.2. The first-order chi connectivity index (χ1) is 19.5. The number of para-hydroxylation sites is 2. The van der Waals surface area contributed by atoms with Crippen molar-refractivity contribution in [3.05, 3.63) is 122 Å². The van der Waals surface area contributed by atoms with Gasteiger partial charge in [0, 0.05) is 15.4 Å². The second kappa shape index (κ2) is 11.0. The first-order valence-electron chi connectivity index (χ1n) is 12.3. The Bertz CT molecular complexity index is 1920. The summed E-state index contributed by atoms with van der Waals surface area (Å²) in [5.74, 6) is 1.50. The maximum atomic E-state index is 13.6. The maximum absolute atomic E-state index is 13.6. The van der Waals surface area contributed by atoms with E-state index in [0.29, 0.717) is 55.4 Å². The molecule has 0 N–H and O–H groups in total. The van der Waals surface area contributed by atoms with E-state index in [0.717, 1.165) is 10.9 Å². The number of rotatable bonds is 7. The van der Waals surface area contributed by atoms with Crippen molar-refractivity contribution in [3.63, 3.8) is 0 Å². The fourth-order valence-electron chi connectivity index (χ4n) is 4.32. The average molecular weight is 615 g/mol. The highest BCUT2D eigenvalue weighted by Crippen LogP contribution is 2.42. The number of furan rings is 1. The quantitative estimate of drug-likeness (QED) is 0.172. The molecule has 0 spiro atoms. The molecule has 9 heteroatoms. The van der Waals surface area contributed by atoms with Crippen LogP contribution in [-0.4, -0.2) is 23.0 Å². The summed E-state index contributed by atoms with van der Waals surface area (Å²) in [5.41, 5.74) is 2.45. The predicted molar refractivity (Wildman–Crippen MR) is 161 cm³/mol. The van der Waals surface area contributed by atoms with Crippen LogP contribution in [-0.2, 0) is 6.61 Å². The van der Waals surface area contributed by atoms with Crippen LogP contribution >= 0.6 is 27.5 Å². The van der Waals surface area contributed by atoms with Crippen LogP contribution in [0.3, 0.4) is 0 Å². The predicted octanol–water partition coefficient (Wildman–Crippen LogP) is 7.70.